The molecule has 9 heavy (non-hydrogen) atoms. The third-order valence-corrected chi connectivity index (χ3v) is 5.49. The van der Waals surface area contributed by atoms with Crippen LogP contribution in [0.4, 0.5) is 0 Å². The molecule has 1 unspecified atom stereocenters. The first-order chi connectivity index (χ1) is 3.42. The SMILES string of the molecule is C[Si](C)(C)CP([O-])O.[Li+]. The van der Waals surface area contributed by atoms with Crippen molar-refractivity contribution in [2.45, 2.75) is 19.6 Å². The topological polar surface area (TPSA) is 43.3 Å². The molecule has 0 aromatic heterocycles. The zero-order chi connectivity index (χ0) is 6.78. The summed E-state index contributed by atoms with van der Waals surface area (Å²) < 4.78 is 0. The van der Waals surface area contributed by atoms with Gasteiger partial charge in [0.1, 0.15) is 0 Å². The molecule has 0 amide bonds. The molecule has 0 aliphatic rings. The van der Waals surface area contributed by atoms with Crippen LogP contribution >= 0.6 is 8.38 Å². The summed E-state index contributed by atoms with van der Waals surface area (Å²) in [6, 6.07) is 0. The maximum Gasteiger partial charge on any atom is 1.00 e. The maximum absolute atomic E-state index is 10.2. The molecule has 0 heterocycles. The molecule has 5 heteroatoms. The fraction of sp³-hybridized carbons (Fsp3) is 1.00. The van der Waals surface area contributed by atoms with Crippen LogP contribution in [-0.2, 0) is 0 Å². The summed E-state index contributed by atoms with van der Waals surface area (Å²) in [4.78, 5) is 18.6. The van der Waals surface area contributed by atoms with E-state index in [1.165, 1.54) is 0 Å². The van der Waals surface area contributed by atoms with E-state index in [9.17, 15) is 4.89 Å². The summed E-state index contributed by atoms with van der Waals surface area (Å²) in [5.41, 5.74) is 0. The summed E-state index contributed by atoms with van der Waals surface area (Å²) in [5.74, 6) is 0.530. The summed E-state index contributed by atoms with van der Waals surface area (Å²) in [5, 5.41) is 0. The molecule has 0 aromatic rings. The van der Waals surface area contributed by atoms with Crippen LogP contribution in [0, 0.1) is 0 Å². The van der Waals surface area contributed by atoms with E-state index in [0.717, 1.165) is 0 Å². The largest absolute Gasteiger partial charge is 1.00 e. The van der Waals surface area contributed by atoms with Crippen LogP contribution < -0.4 is 23.8 Å². The molecule has 0 spiro atoms. The molecule has 1 N–H and O–H groups in total. The zero-order valence-electron chi connectivity index (χ0n) is 6.51. The van der Waals surface area contributed by atoms with Crippen molar-refractivity contribution in [1.82, 2.24) is 0 Å². The minimum Gasteiger partial charge on any atom is -0.808 e. The fourth-order valence-electron chi connectivity index (χ4n) is 0.406. The molecule has 0 aliphatic heterocycles. The standard InChI is InChI=1S/C4H12O2PSi.Li/c1-8(2,3)4-7(5)6;/h5H,4H2,1-3H3;/q-1;+1. The summed E-state index contributed by atoms with van der Waals surface area (Å²) in [6.45, 7) is 6.24. The Balaban J connectivity index is 0. The predicted molar refractivity (Wildman–Crippen MR) is 37.4 cm³/mol. The van der Waals surface area contributed by atoms with E-state index in [0.29, 0.717) is 5.79 Å². The average molecular weight is 158 g/mol. The van der Waals surface area contributed by atoms with E-state index in [4.69, 9.17) is 4.89 Å². The van der Waals surface area contributed by atoms with Crippen LogP contribution in [0.2, 0.25) is 19.6 Å². The predicted octanol–water partition coefficient (Wildman–Crippen LogP) is -2.47. The van der Waals surface area contributed by atoms with Crippen LogP contribution in [0.1, 0.15) is 0 Å². The van der Waals surface area contributed by atoms with E-state index in [1.807, 2.05) is 0 Å². The second-order valence-electron chi connectivity index (χ2n) is 3.07. The van der Waals surface area contributed by atoms with Gasteiger partial charge in [0.25, 0.3) is 0 Å². The molecule has 0 saturated carbocycles. The molecule has 0 aliphatic carbocycles. The molecule has 0 fully saturated rings. The molecule has 1 atom stereocenters. The first-order valence-electron chi connectivity index (χ1n) is 2.55. The van der Waals surface area contributed by atoms with Crippen molar-refractivity contribution in [2.24, 2.45) is 0 Å². The first-order valence-corrected chi connectivity index (χ1v) is 7.66. The van der Waals surface area contributed by atoms with Crippen molar-refractivity contribution in [3.8, 4) is 0 Å². The number of hydrogen-bond donors (Lipinski definition) is 1. The van der Waals surface area contributed by atoms with Gasteiger partial charge in [0.15, 0.2) is 0 Å². The van der Waals surface area contributed by atoms with Gasteiger partial charge in [-0.25, -0.2) is 0 Å². The van der Waals surface area contributed by atoms with Gasteiger partial charge in [0, 0.05) is 8.07 Å². The third kappa shape index (κ3) is 12.4. The number of rotatable bonds is 2. The molecule has 0 saturated heterocycles. The molecular weight excluding hydrogens is 146 g/mol. The summed E-state index contributed by atoms with van der Waals surface area (Å²) in [6.07, 6.45) is 0. The third-order valence-electron chi connectivity index (χ3n) is 0.610. The molecule has 2 nitrogen and oxygen atoms in total. The van der Waals surface area contributed by atoms with Crippen LogP contribution in [0.5, 0.6) is 0 Å². The Hall–Kier alpha value is 1.16. The van der Waals surface area contributed by atoms with Crippen LogP contribution in [0.3, 0.4) is 0 Å². The van der Waals surface area contributed by atoms with E-state index < -0.39 is 16.4 Å². The van der Waals surface area contributed by atoms with Gasteiger partial charge in [-0.1, -0.05) is 28.0 Å². The van der Waals surface area contributed by atoms with E-state index in [1.54, 1.807) is 0 Å². The Morgan fingerprint density at radius 1 is 1.44 bits per heavy atom. The van der Waals surface area contributed by atoms with Gasteiger partial charge in [-0.05, 0) is 5.79 Å². The summed E-state index contributed by atoms with van der Waals surface area (Å²) in [7, 11) is -3.13. The van der Waals surface area contributed by atoms with Crippen molar-refractivity contribution < 1.29 is 28.6 Å². The van der Waals surface area contributed by atoms with Gasteiger partial charge < -0.3 is 9.79 Å². The molecule has 0 radical (unpaired) electrons. The first kappa shape index (κ1) is 12.8. The van der Waals surface area contributed by atoms with Gasteiger partial charge >= 0.3 is 18.9 Å². The summed E-state index contributed by atoms with van der Waals surface area (Å²) >= 11 is 0. The smallest absolute Gasteiger partial charge is 0.808 e. The molecular formula is C4H12LiO2PSi. The van der Waals surface area contributed by atoms with Crippen molar-refractivity contribution in [1.29, 1.82) is 0 Å². The Morgan fingerprint density at radius 2 is 1.78 bits per heavy atom. The van der Waals surface area contributed by atoms with Crippen molar-refractivity contribution in [2.75, 3.05) is 5.79 Å². The van der Waals surface area contributed by atoms with Crippen LogP contribution in [0.25, 0.3) is 0 Å². The second-order valence-corrected chi connectivity index (χ2v) is 10.2. The molecule has 0 aromatic carbocycles. The van der Waals surface area contributed by atoms with Gasteiger partial charge in [-0.15, -0.1) is 0 Å². The quantitative estimate of drug-likeness (QED) is 0.357. The zero-order valence-corrected chi connectivity index (χ0v) is 8.40. The second kappa shape index (κ2) is 4.90. The molecule has 0 rings (SSSR count). The van der Waals surface area contributed by atoms with E-state index in [2.05, 4.69) is 19.6 Å². The van der Waals surface area contributed by atoms with E-state index >= 15 is 0 Å². The van der Waals surface area contributed by atoms with Crippen LogP contribution in [-0.4, -0.2) is 18.8 Å². The van der Waals surface area contributed by atoms with Crippen molar-refractivity contribution >= 4 is 16.4 Å². The monoisotopic (exact) mass is 158 g/mol. The Morgan fingerprint density at radius 3 is 1.78 bits per heavy atom. The van der Waals surface area contributed by atoms with Gasteiger partial charge in [-0.2, -0.15) is 0 Å². The minimum absolute atomic E-state index is 0. The van der Waals surface area contributed by atoms with Gasteiger partial charge in [-0.3, -0.25) is 0 Å². The van der Waals surface area contributed by atoms with Crippen molar-refractivity contribution in [3.63, 3.8) is 0 Å². The van der Waals surface area contributed by atoms with Gasteiger partial charge in [0.2, 0.25) is 0 Å². The minimum atomic E-state index is -1.88. The van der Waals surface area contributed by atoms with E-state index in [-0.39, 0.29) is 18.9 Å². The Labute approximate surface area is 70.8 Å². The molecule has 50 valence electrons. The molecule has 0 bridgehead atoms. The fourth-order valence-corrected chi connectivity index (χ4v) is 3.65. The van der Waals surface area contributed by atoms with Crippen LogP contribution in [0.15, 0.2) is 0 Å². The van der Waals surface area contributed by atoms with Crippen molar-refractivity contribution in [3.05, 3.63) is 0 Å². The number of hydrogen-bond acceptors (Lipinski definition) is 2. The Kier molecular flexibility index (Phi) is 6.97. The maximum atomic E-state index is 10.2. The average Bonchev–Trinajstić information content (AvgIpc) is 1.21. The van der Waals surface area contributed by atoms with Gasteiger partial charge in [0.05, 0.1) is 0 Å². The Bertz CT molecular complexity index is 73.5. The normalized spacial score (nSPS) is 14.3.